The van der Waals surface area contributed by atoms with Crippen molar-refractivity contribution in [2.24, 2.45) is 5.73 Å². The van der Waals surface area contributed by atoms with Crippen LogP contribution in [0.4, 0.5) is 5.69 Å². The fourth-order valence-electron chi connectivity index (χ4n) is 1.96. The van der Waals surface area contributed by atoms with Gasteiger partial charge in [-0.2, -0.15) is 0 Å². The topological polar surface area (TPSA) is 84.7 Å². The van der Waals surface area contributed by atoms with E-state index in [0.29, 0.717) is 18.0 Å². The Morgan fingerprint density at radius 3 is 2.62 bits per heavy atom. The molecule has 0 radical (unpaired) electrons. The van der Waals surface area contributed by atoms with Gasteiger partial charge in [0.25, 0.3) is 0 Å². The Labute approximate surface area is 125 Å². The van der Waals surface area contributed by atoms with Crippen molar-refractivity contribution in [2.45, 2.75) is 19.8 Å². The number of carbonyl (C=O) groups excluding carboxylic acids is 2. The van der Waals surface area contributed by atoms with Crippen LogP contribution in [0.5, 0.6) is 5.75 Å². The Morgan fingerprint density at radius 1 is 1.29 bits per heavy atom. The molecule has 0 aliphatic rings. The van der Waals surface area contributed by atoms with E-state index in [1.807, 2.05) is 12.1 Å². The summed E-state index contributed by atoms with van der Waals surface area (Å²) in [5.41, 5.74) is 5.82. The summed E-state index contributed by atoms with van der Waals surface area (Å²) in [6.45, 7) is 2.93. The number of rotatable bonds is 9. The van der Waals surface area contributed by atoms with E-state index in [9.17, 15) is 9.59 Å². The van der Waals surface area contributed by atoms with Gasteiger partial charge < -0.3 is 15.8 Å². The lowest BCUT2D eigenvalue weighted by molar-refractivity contribution is -0.121. The van der Waals surface area contributed by atoms with Crippen molar-refractivity contribution in [1.29, 1.82) is 0 Å². The molecule has 0 unspecified atom stereocenters. The maximum Gasteiger partial charge on any atom is 0.238 e. The van der Waals surface area contributed by atoms with Crippen molar-refractivity contribution in [1.82, 2.24) is 4.90 Å². The Kier molecular flexibility index (Phi) is 7.25. The van der Waals surface area contributed by atoms with Crippen molar-refractivity contribution in [3.8, 4) is 5.75 Å². The minimum atomic E-state index is -0.434. The van der Waals surface area contributed by atoms with E-state index in [0.717, 1.165) is 12.8 Å². The summed E-state index contributed by atoms with van der Waals surface area (Å²) >= 11 is 0. The summed E-state index contributed by atoms with van der Waals surface area (Å²) in [5.74, 6) is -0.0334. The highest BCUT2D eigenvalue weighted by Gasteiger charge is 2.14. The number of hydrogen-bond acceptors (Lipinski definition) is 4. The van der Waals surface area contributed by atoms with E-state index in [-0.39, 0.29) is 19.0 Å². The Morgan fingerprint density at radius 2 is 2.00 bits per heavy atom. The Bertz CT molecular complexity index is 477. The lowest BCUT2D eigenvalue weighted by Gasteiger charge is -2.20. The summed E-state index contributed by atoms with van der Waals surface area (Å²) in [4.78, 5) is 24.9. The highest BCUT2D eigenvalue weighted by molar-refractivity contribution is 5.94. The van der Waals surface area contributed by atoms with Crippen LogP contribution in [0, 0.1) is 0 Å². The van der Waals surface area contributed by atoms with E-state index in [1.54, 1.807) is 24.1 Å². The molecule has 21 heavy (non-hydrogen) atoms. The number of nitrogens with two attached hydrogens (primary N) is 1. The molecule has 0 fully saturated rings. The number of nitrogens with zero attached hydrogens (tertiary/aromatic N) is 1. The van der Waals surface area contributed by atoms with Gasteiger partial charge in [0.1, 0.15) is 5.75 Å². The number of nitrogens with one attached hydrogen (secondary N) is 1. The van der Waals surface area contributed by atoms with Crippen LogP contribution in [-0.2, 0) is 9.59 Å². The van der Waals surface area contributed by atoms with Gasteiger partial charge in [-0.25, -0.2) is 0 Å². The molecular formula is C15H23N3O3. The lowest BCUT2D eigenvalue weighted by atomic mass is 10.2. The molecular weight excluding hydrogens is 270 g/mol. The van der Waals surface area contributed by atoms with Crippen LogP contribution >= 0.6 is 0 Å². The minimum absolute atomic E-state index is 0.0827. The summed E-state index contributed by atoms with van der Waals surface area (Å²) in [7, 11) is 1.55. The van der Waals surface area contributed by atoms with E-state index in [2.05, 4.69) is 12.2 Å². The number of carbonyl (C=O) groups is 2. The van der Waals surface area contributed by atoms with Gasteiger partial charge in [0, 0.05) is 0 Å². The molecule has 0 aromatic heterocycles. The third kappa shape index (κ3) is 6.27. The van der Waals surface area contributed by atoms with Crippen LogP contribution in [0.15, 0.2) is 24.3 Å². The summed E-state index contributed by atoms with van der Waals surface area (Å²) in [6.07, 6.45) is 1.90. The van der Waals surface area contributed by atoms with Gasteiger partial charge in [-0.15, -0.1) is 0 Å². The average molecular weight is 293 g/mol. The predicted molar refractivity (Wildman–Crippen MR) is 82.2 cm³/mol. The number of methoxy groups -OCH3 is 1. The van der Waals surface area contributed by atoms with Crippen molar-refractivity contribution < 1.29 is 14.3 Å². The second-order valence-electron chi connectivity index (χ2n) is 4.78. The van der Waals surface area contributed by atoms with E-state index in [4.69, 9.17) is 10.5 Å². The van der Waals surface area contributed by atoms with Crippen molar-refractivity contribution in [3.63, 3.8) is 0 Å². The first kappa shape index (κ1) is 17.0. The van der Waals surface area contributed by atoms with Gasteiger partial charge in [0.05, 0.1) is 25.9 Å². The SMILES string of the molecule is CCCCN(CC(N)=O)CC(=O)Nc1ccccc1OC. The summed E-state index contributed by atoms with van der Waals surface area (Å²) in [6, 6.07) is 7.18. The average Bonchev–Trinajstić information content (AvgIpc) is 2.44. The molecule has 0 heterocycles. The molecule has 0 aliphatic carbocycles. The summed E-state index contributed by atoms with van der Waals surface area (Å²) in [5, 5.41) is 2.78. The fraction of sp³-hybridized carbons (Fsp3) is 0.467. The first-order chi connectivity index (χ1) is 10.1. The zero-order valence-electron chi connectivity index (χ0n) is 12.6. The first-order valence-electron chi connectivity index (χ1n) is 7.00. The Hall–Kier alpha value is -2.08. The molecule has 116 valence electrons. The van der Waals surface area contributed by atoms with E-state index < -0.39 is 5.91 Å². The van der Waals surface area contributed by atoms with Gasteiger partial charge in [0.2, 0.25) is 11.8 Å². The predicted octanol–water partition coefficient (Wildman–Crippen LogP) is 1.22. The molecule has 0 aliphatic heterocycles. The highest BCUT2D eigenvalue weighted by Crippen LogP contribution is 2.22. The Balaban J connectivity index is 2.62. The molecule has 3 N–H and O–H groups in total. The first-order valence-corrected chi connectivity index (χ1v) is 7.00. The maximum absolute atomic E-state index is 12.1. The van der Waals surface area contributed by atoms with Gasteiger partial charge in [-0.05, 0) is 25.1 Å². The molecule has 1 rings (SSSR count). The number of primary amides is 1. The van der Waals surface area contributed by atoms with Gasteiger partial charge in [0.15, 0.2) is 0 Å². The quantitative estimate of drug-likeness (QED) is 0.717. The molecule has 0 saturated carbocycles. The fourth-order valence-corrected chi connectivity index (χ4v) is 1.96. The number of para-hydroxylation sites is 2. The van der Waals surface area contributed by atoms with Crippen LogP contribution in [0.2, 0.25) is 0 Å². The van der Waals surface area contributed by atoms with Crippen molar-refractivity contribution in [2.75, 3.05) is 32.1 Å². The minimum Gasteiger partial charge on any atom is -0.495 e. The zero-order chi connectivity index (χ0) is 15.7. The van der Waals surface area contributed by atoms with Crippen molar-refractivity contribution in [3.05, 3.63) is 24.3 Å². The second kappa shape index (κ2) is 8.97. The van der Waals surface area contributed by atoms with Crippen LogP contribution < -0.4 is 15.8 Å². The van der Waals surface area contributed by atoms with Crippen molar-refractivity contribution >= 4 is 17.5 Å². The van der Waals surface area contributed by atoms with E-state index >= 15 is 0 Å². The monoisotopic (exact) mass is 293 g/mol. The molecule has 0 saturated heterocycles. The third-order valence-electron chi connectivity index (χ3n) is 2.96. The second-order valence-corrected chi connectivity index (χ2v) is 4.78. The number of amides is 2. The van der Waals surface area contributed by atoms with Gasteiger partial charge in [-0.1, -0.05) is 25.5 Å². The standard InChI is InChI=1S/C15H23N3O3/c1-3-4-9-18(10-14(16)19)11-15(20)17-12-7-5-6-8-13(12)21-2/h5-8H,3-4,9-11H2,1-2H3,(H2,16,19)(H,17,20). The number of hydrogen-bond donors (Lipinski definition) is 2. The summed E-state index contributed by atoms with van der Waals surface area (Å²) < 4.78 is 5.18. The van der Waals surface area contributed by atoms with Crippen LogP contribution in [0.25, 0.3) is 0 Å². The number of ether oxygens (including phenoxy) is 1. The largest absolute Gasteiger partial charge is 0.495 e. The zero-order valence-corrected chi connectivity index (χ0v) is 12.6. The van der Waals surface area contributed by atoms with Gasteiger partial charge in [-0.3, -0.25) is 14.5 Å². The number of anilines is 1. The van der Waals surface area contributed by atoms with Crippen LogP contribution in [0.3, 0.4) is 0 Å². The highest BCUT2D eigenvalue weighted by atomic mass is 16.5. The molecule has 0 atom stereocenters. The molecule has 0 spiro atoms. The van der Waals surface area contributed by atoms with Gasteiger partial charge >= 0.3 is 0 Å². The van der Waals surface area contributed by atoms with E-state index in [1.165, 1.54) is 0 Å². The molecule has 6 heteroatoms. The van der Waals surface area contributed by atoms with Crippen LogP contribution in [-0.4, -0.2) is 43.5 Å². The smallest absolute Gasteiger partial charge is 0.238 e. The molecule has 1 aromatic rings. The normalized spacial score (nSPS) is 10.4. The molecule has 2 amide bonds. The molecule has 6 nitrogen and oxygen atoms in total. The maximum atomic E-state index is 12.1. The number of unbranched alkanes of at least 4 members (excludes halogenated alkanes) is 1. The molecule has 1 aromatic carbocycles. The number of benzene rings is 1. The molecule has 0 bridgehead atoms. The third-order valence-corrected chi connectivity index (χ3v) is 2.96. The lowest BCUT2D eigenvalue weighted by Crippen LogP contribution is -2.39. The van der Waals surface area contributed by atoms with Crippen LogP contribution in [0.1, 0.15) is 19.8 Å².